The number of nitrogens with zero attached hydrogens (tertiary/aromatic N) is 1. The lowest BCUT2D eigenvalue weighted by molar-refractivity contribution is -0.151. The molecule has 1 fully saturated rings. The van der Waals surface area contributed by atoms with E-state index in [0.29, 0.717) is 5.75 Å². The summed E-state index contributed by atoms with van der Waals surface area (Å²) in [6.45, 7) is 1.38. The number of ether oxygens (including phenoxy) is 1. The third-order valence-electron chi connectivity index (χ3n) is 3.42. The van der Waals surface area contributed by atoms with Crippen molar-refractivity contribution in [1.82, 2.24) is 4.90 Å². The number of esters is 1. The first-order valence-corrected chi connectivity index (χ1v) is 7.26. The lowest BCUT2D eigenvalue weighted by Crippen LogP contribution is -2.49. The van der Waals surface area contributed by atoms with Gasteiger partial charge in [-0.25, -0.2) is 4.79 Å². The predicted octanol–water partition coefficient (Wildman–Crippen LogP) is 0.438. The molecule has 20 heavy (non-hydrogen) atoms. The van der Waals surface area contributed by atoms with Crippen molar-refractivity contribution in [2.75, 3.05) is 12.9 Å². The summed E-state index contributed by atoms with van der Waals surface area (Å²) in [6.07, 6.45) is 3.60. The van der Waals surface area contributed by atoms with Crippen molar-refractivity contribution in [2.24, 2.45) is 5.92 Å². The Balaban J connectivity index is 2.26. The highest BCUT2D eigenvalue weighted by molar-refractivity contribution is 8.00. The van der Waals surface area contributed by atoms with E-state index in [-0.39, 0.29) is 11.7 Å². The monoisotopic (exact) mass is 299 g/mol. The Morgan fingerprint density at radius 2 is 2.20 bits per heavy atom. The maximum absolute atomic E-state index is 11.8. The molecule has 1 aliphatic heterocycles. The number of allylic oxidation sites excluding steroid dienone is 1. The topological polar surface area (TPSA) is 87.1 Å². The van der Waals surface area contributed by atoms with Crippen LogP contribution >= 0.6 is 11.8 Å². The van der Waals surface area contributed by atoms with Gasteiger partial charge in [0.15, 0.2) is 0 Å². The van der Waals surface area contributed by atoms with E-state index < -0.39 is 29.4 Å². The van der Waals surface area contributed by atoms with Gasteiger partial charge in [-0.3, -0.25) is 4.79 Å². The predicted molar refractivity (Wildman–Crippen MR) is 73.9 cm³/mol. The van der Waals surface area contributed by atoms with Crippen molar-refractivity contribution in [3.63, 3.8) is 0 Å². The van der Waals surface area contributed by atoms with Gasteiger partial charge in [-0.05, 0) is 12.2 Å². The molecule has 2 N–H and O–H groups in total. The molecule has 0 spiro atoms. The van der Waals surface area contributed by atoms with E-state index in [9.17, 15) is 19.8 Å². The Hall–Kier alpha value is -1.47. The van der Waals surface area contributed by atoms with Crippen LogP contribution in [0, 0.1) is 5.92 Å². The number of aliphatic hydroxyl groups is 2. The average Bonchev–Trinajstić information content (AvgIpc) is 2.85. The number of hydrogen-bond acceptors (Lipinski definition) is 6. The summed E-state index contributed by atoms with van der Waals surface area (Å²) in [4.78, 5) is 25.0. The van der Waals surface area contributed by atoms with Gasteiger partial charge in [0.25, 0.3) is 0 Å². The molecule has 0 saturated carbocycles. The standard InChI is InChI=1S/C13H17NO5S/c1-7(15)14-10(13(18)19-2)6-20-12(14)9-5-8(16)3-4-11(9)17/h3-5,9-12,16-17H,6H2,1-2H3. The second-order valence-corrected chi connectivity index (χ2v) is 5.86. The number of aliphatic hydroxyl groups excluding tert-OH is 2. The smallest absolute Gasteiger partial charge is 0.329 e. The molecule has 2 rings (SSSR count). The van der Waals surface area contributed by atoms with Gasteiger partial charge in [-0.2, -0.15) is 0 Å². The van der Waals surface area contributed by atoms with Gasteiger partial charge in [-0.15, -0.1) is 11.8 Å². The number of methoxy groups -OCH3 is 1. The van der Waals surface area contributed by atoms with E-state index >= 15 is 0 Å². The molecule has 4 unspecified atom stereocenters. The first kappa shape index (κ1) is 14.9. The van der Waals surface area contributed by atoms with Gasteiger partial charge >= 0.3 is 5.97 Å². The Morgan fingerprint density at radius 3 is 2.80 bits per heavy atom. The van der Waals surface area contributed by atoms with Crippen molar-refractivity contribution >= 4 is 23.6 Å². The van der Waals surface area contributed by atoms with Crippen LogP contribution in [0.3, 0.4) is 0 Å². The molecular weight excluding hydrogens is 282 g/mol. The number of rotatable bonds is 2. The highest BCUT2D eigenvalue weighted by Crippen LogP contribution is 2.38. The van der Waals surface area contributed by atoms with E-state index in [1.54, 1.807) is 0 Å². The van der Waals surface area contributed by atoms with Crippen LogP contribution in [-0.2, 0) is 14.3 Å². The second-order valence-electron chi connectivity index (χ2n) is 4.71. The van der Waals surface area contributed by atoms with Crippen molar-refractivity contribution in [3.8, 4) is 0 Å². The fourth-order valence-corrected chi connectivity index (χ4v) is 4.06. The Labute approximate surface area is 121 Å². The minimum absolute atomic E-state index is 0.0471. The van der Waals surface area contributed by atoms with Gasteiger partial charge < -0.3 is 19.8 Å². The first-order valence-electron chi connectivity index (χ1n) is 6.21. The zero-order valence-electron chi connectivity index (χ0n) is 11.2. The van der Waals surface area contributed by atoms with Crippen LogP contribution in [-0.4, -0.2) is 57.4 Å². The van der Waals surface area contributed by atoms with Gasteiger partial charge in [0.1, 0.15) is 11.8 Å². The van der Waals surface area contributed by atoms with Crippen molar-refractivity contribution < 1.29 is 24.5 Å². The Bertz CT molecular complexity index is 475. The normalized spacial score (nSPS) is 33.0. The molecule has 1 heterocycles. The van der Waals surface area contributed by atoms with Crippen LogP contribution in [0.15, 0.2) is 24.0 Å². The number of carbonyl (C=O) groups excluding carboxylic acids is 2. The van der Waals surface area contributed by atoms with E-state index in [1.165, 1.54) is 48.9 Å². The van der Waals surface area contributed by atoms with Crippen LogP contribution in [0.5, 0.6) is 0 Å². The first-order chi connectivity index (χ1) is 9.45. The van der Waals surface area contributed by atoms with E-state index in [1.807, 2.05) is 0 Å². The summed E-state index contributed by atoms with van der Waals surface area (Å²) in [7, 11) is 1.28. The Morgan fingerprint density at radius 1 is 1.50 bits per heavy atom. The second kappa shape index (κ2) is 5.88. The maximum atomic E-state index is 11.8. The number of thioether (sulfide) groups is 1. The Kier molecular flexibility index (Phi) is 4.39. The molecule has 0 radical (unpaired) electrons. The van der Waals surface area contributed by atoms with Gasteiger partial charge in [0, 0.05) is 18.6 Å². The molecule has 1 saturated heterocycles. The molecule has 6 nitrogen and oxygen atoms in total. The summed E-state index contributed by atoms with van der Waals surface area (Å²) >= 11 is 1.40. The van der Waals surface area contributed by atoms with Crippen LogP contribution in [0.1, 0.15) is 6.92 Å². The fraction of sp³-hybridized carbons (Fsp3) is 0.538. The van der Waals surface area contributed by atoms with E-state index in [0.717, 1.165) is 0 Å². The maximum Gasteiger partial charge on any atom is 0.329 e. The van der Waals surface area contributed by atoms with Gasteiger partial charge in [-0.1, -0.05) is 6.08 Å². The number of amides is 1. The summed E-state index contributed by atoms with van der Waals surface area (Å²) in [5.74, 6) is -0.720. The quantitative estimate of drug-likeness (QED) is 0.719. The largest absolute Gasteiger partial charge is 0.508 e. The van der Waals surface area contributed by atoms with Crippen LogP contribution in [0.2, 0.25) is 0 Å². The van der Waals surface area contributed by atoms with Crippen molar-refractivity contribution in [1.29, 1.82) is 0 Å². The summed E-state index contributed by atoms with van der Waals surface area (Å²) in [5, 5.41) is 19.2. The average molecular weight is 299 g/mol. The molecule has 0 aromatic heterocycles. The minimum Gasteiger partial charge on any atom is -0.508 e. The van der Waals surface area contributed by atoms with Crippen molar-refractivity contribution in [2.45, 2.75) is 24.4 Å². The molecule has 0 bridgehead atoms. The summed E-state index contributed by atoms with van der Waals surface area (Å²) < 4.78 is 4.71. The molecular formula is C13H17NO5S. The molecule has 0 aromatic carbocycles. The summed E-state index contributed by atoms with van der Waals surface area (Å²) in [6, 6.07) is -0.652. The summed E-state index contributed by atoms with van der Waals surface area (Å²) in [5.41, 5.74) is 0. The molecule has 1 amide bonds. The van der Waals surface area contributed by atoms with Gasteiger partial charge in [0.2, 0.25) is 5.91 Å². The molecule has 4 atom stereocenters. The van der Waals surface area contributed by atoms with Gasteiger partial charge in [0.05, 0.1) is 18.6 Å². The highest BCUT2D eigenvalue weighted by Gasteiger charge is 2.45. The molecule has 7 heteroatoms. The minimum atomic E-state index is -0.804. The van der Waals surface area contributed by atoms with E-state index in [2.05, 4.69) is 0 Å². The SMILES string of the molecule is COC(=O)C1CSC(C2C=C(O)C=CC2O)N1C(C)=O. The zero-order chi connectivity index (χ0) is 14.9. The van der Waals surface area contributed by atoms with Crippen LogP contribution in [0.4, 0.5) is 0 Å². The lowest BCUT2D eigenvalue weighted by atomic mass is 9.95. The molecule has 0 aromatic rings. The number of carbonyl (C=O) groups is 2. The van der Waals surface area contributed by atoms with Crippen molar-refractivity contribution in [3.05, 3.63) is 24.0 Å². The molecule has 110 valence electrons. The third kappa shape index (κ3) is 2.69. The van der Waals surface area contributed by atoms with E-state index in [4.69, 9.17) is 4.74 Å². The fourth-order valence-electron chi connectivity index (χ4n) is 2.47. The lowest BCUT2D eigenvalue weighted by Gasteiger charge is -2.33. The highest BCUT2D eigenvalue weighted by atomic mass is 32.2. The third-order valence-corrected chi connectivity index (χ3v) is 4.81. The zero-order valence-corrected chi connectivity index (χ0v) is 12.0. The molecule has 2 aliphatic rings. The van der Waals surface area contributed by atoms with Crippen LogP contribution in [0.25, 0.3) is 0 Å². The molecule has 1 aliphatic carbocycles. The van der Waals surface area contributed by atoms with Crippen LogP contribution < -0.4 is 0 Å². The number of hydrogen-bond donors (Lipinski definition) is 2.